The van der Waals surface area contributed by atoms with E-state index < -0.39 is 0 Å². The van der Waals surface area contributed by atoms with Crippen molar-refractivity contribution in [2.45, 2.75) is 19.1 Å². The number of hydrogen-bond acceptors (Lipinski definition) is 3. The van der Waals surface area contributed by atoms with E-state index in [-0.39, 0.29) is 18.0 Å². The molecule has 1 fully saturated rings. The van der Waals surface area contributed by atoms with Crippen LogP contribution in [0.1, 0.15) is 18.5 Å². The molecule has 0 bridgehead atoms. The van der Waals surface area contributed by atoms with E-state index in [4.69, 9.17) is 4.74 Å². The Balaban J connectivity index is 2.16. The number of ether oxygens (including phenoxy) is 1. The predicted octanol–water partition coefficient (Wildman–Crippen LogP) is 2.11. The summed E-state index contributed by atoms with van der Waals surface area (Å²) < 4.78 is 18.3. The minimum atomic E-state index is -0.318. The van der Waals surface area contributed by atoms with Gasteiger partial charge in [0.1, 0.15) is 11.9 Å². The highest BCUT2D eigenvalue weighted by Crippen LogP contribution is 2.22. The Morgan fingerprint density at radius 2 is 2.18 bits per heavy atom. The lowest BCUT2D eigenvalue weighted by Crippen LogP contribution is -2.42. The first-order valence-corrected chi connectivity index (χ1v) is 5.71. The highest BCUT2D eigenvalue weighted by Gasteiger charge is 2.25. The molecule has 1 aromatic carbocycles. The van der Waals surface area contributed by atoms with Gasteiger partial charge in [-0.25, -0.2) is 4.39 Å². The highest BCUT2D eigenvalue weighted by molar-refractivity contribution is 5.24. The maximum atomic E-state index is 12.8. The minimum absolute atomic E-state index is 0.139. The Kier molecular flexibility index (Phi) is 3.72. The van der Waals surface area contributed by atoms with Gasteiger partial charge in [0.2, 0.25) is 0 Å². The molecule has 1 aliphatic rings. The molecule has 0 radical (unpaired) electrons. The van der Waals surface area contributed by atoms with Gasteiger partial charge in [-0.1, -0.05) is 12.1 Å². The van der Waals surface area contributed by atoms with Crippen molar-refractivity contribution in [3.63, 3.8) is 0 Å². The number of rotatable bonds is 2. The number of hydrogen-bond donors (Lipinski definition) is 0. The zero-order valence-corrected chi connectivity index (χ0v) is 9.77. The second kappa shape index (κ2) is 5.26. The molecule has 0 saturated carbocycles. The largest absolute Gasteiger partial charge is 0.376 e. The lowest BCUT2D eigenvalue weighted by molar-refractivity contribution is -0.0269. The molecule has 0 spiro atoms. The highest BCUT2D eigenvalue weighted by atomic mass is 19.1. The van der Waals surface area contributed by atoms with Crippen LogP contribution in [-0.4, -0.2) is 30.7 Å². The zero-order chi connectivity index (χ0) is 12.3. The quantitative estimate of drug-likeness (QED) is 0.786. The fourth-order valence-corrected chi connectivity index (χ4v) is 2.09. The number of nitrogens with zero attached hydrogens (tertiary/aromatic N) is 2. The van der Waals surface area contributed by atoms with E-state index >= 15 is 0 Å². The van der Waals surface area contributed by atoms with E-state index in [0.29, 0.717) is 6.61 Å². The second-order valence-corrected chi connectivity index (χ2v) is 4.26. The standard InChI is InChI=1S/C13H15FN2O/c1-10-9-16(6-7-17-10)13(8-15)11-2-4-12(14)5-3-11/h2-5,10,13H,6-7,9H2,1H3/t10-,13+/m0/s1. The first-order chi connectivity index (χ1) is 8.20. The third-order valence-electron chi connectivity index (χ3n) is 2.95. The van der Waals surface area contributed by atoms with Crippen molar-refractivity contribution in [1.82, 2.24) is 4.90 Å². The molecule has 1 aromatic rings. The summed E-state index contributed by atoms with van der Waals surface area (Å²) in [5.74, 6) is -0.277. The Hall–Kier alpha value is -1.44. The predicted molar refractivity (Wildman–Crippen MR) is 61.7 cm³/mol. The van der Waals surface area contributed by atoms with Crippen LogP contribution in [0.15, 0.2) is 24.3 Å². The number of morpholine rings is 1. The summed E-state index contributed by atoms with van der Waals surface area (Å²) in [6.07, 6.45) is 0.139. The van der Waals surface area contributed by atoms with Crippen molar-refractivity contribution in [1.29, 1.82) is 5.26 Å². The Morgan fingerprint density at radius 3 is 2.76 bits per heavy atom. The van der Waals surface area contributed by atoms with E-state index in [0.717, 1.165) is 18.7 Å². The van der Waals surface area contributed by atoms with Gasteiger partial charge in [0, 0.05) is 13.1 Å². The van der Waals surface area contributed by atoms with E-state index in [1.165, 1.54) is 12.1 Å². The summed E-state index contributed by atoms with van der Waals surface area (Å²) in [6, 6.07) is 8.08. The van der Waals surface area contributed by atoms with Gasteiger partial charge in [-0.05, 0) is 24.6 Å². The third kappa shape index (κ3) is 2.82. The molecule has 4 heteroatoms. The normalized spacial score (nSPS) is 23.0. The van der Waals surface area contributed by atoms with Crippen LogP contribution in [0.2, 0.25) is 0 Å². The molecular formula is C13H15FN2O. The average Bonchev–Trinajstić information content (AvgIpc) is 2.33. The maximum absolute atomic E-state index is 12.8. The minimum Gasteiger partial charge on any atom is -0.376 e. The van der Waals surface area contributed by atoms with Gasteiger partial charge < -0.3 is 4.74 Å². The lowest BCUT2D eigenvalue weighted by atomic mass is 10.1. The van der Waals surface area contributed by atoms with Gasteiger partial charge >= 0.3 is 0 Å². The molecule has 2 rings (SSSR count). The topological polar surface area (TPSA) is 36.3 Å². The summed E-state index contributed by atoms with van der Waals surface area (Å²) in [7, 11) is 0. The Bertz CT molecular complexity index is 412. The van der Waals surface area contributed by atoms with Gasteiger partial charge in [0.25, 0.3) is 0 Å². The Morgan fingerprint density at radius 1 is 1.47 bits per heavy atom. The number of benzene rings is 1. The molecule has 0 amide bonds. The molecular weight excluding hydrogens is 219 g/mol. The average molecular weight is 234 g/mol. The van der Waals surface area contributed by atoms with Crippen LogP contribution in [0.3, 0.4) is 0 Å². The first-order valence-electron chi connectivity index (χ1n) is 5.71. The third-order valence-corrected chi connectivity index (χ3v) is 2.95. The van der Waals surface area contributed by atoms with Crippen LogP contribution in [0.25, 0.3) is 0 Å². The molecule has 3 nitrogen and oxygen atoms in total. The number of nitriles is 1. The molecule has 0 aliphatic carbocycles. The SMILES string of the molecule is C[C@H]1CN([C@H](C#N)c2ccc(F)cc2)CCO1. The van der Waals surface area contributed by atoms with E-state index in [1.54, 1.807) is 12.1 Å². The molecule has 1 saturated heterocycles. The van der Waals surface area contributed by atoms with Crippen LogP contribution >= 0.6 is 0 Å². The van der Waals surface area contributed by atoms with Crippen molar-refractivity contribution in [2.75, 3.05) is 19.7 Å². The summed E-state index contributed by atoms with van der Waals surface area (Å²) in [5.41, 5.74) is 0.836. The fourth-order valence-electron chi connectivity index (χ4n) is 2.09. The smallest absolute Gasteiger partial charge is 0.124 e. The van der Waals surface area contributed by atoms with E-state index in [2.05, 4.69) is 11.0 Å². The van der Waals surface area contributed by atoms with Crippen LogP contribution in [-0.2, 0) is 4.74 Å². The summed E-state index contributed by atoms with van der Waals surface area (Å²) in [4.78, 5) is 2.07. The molecule has 0 unspecified atom stereocenters. The maximum Gasteiger partial charge on any atom is 0.124 e. The fraction of sp³-hybridized carbons (Fsp3) is 0.462. The van der Waals surface area contributed by atoms with Crippen molar-refractivity contribution < 1.29 is 9.13 Å². The molecule has 2 atom stereocenters. The van der Waals surface area contributed by atoms with Gasteiger partial charge in [-0.2, -0.15) is 5.26 Å². The van der Waals surface area contributed by atoms with Gasteiger partial charge in [0.05, 0.1) is 18.8 Å². The Labute approximate surface area is 100 Å². The summed E-state index contributed by atoms with van der Waals surface area (Å²) in [6.45, 7) is 4.10. The van der Waals surface area contributed by atoms with Gasteiger partial charge in [-0.15, -0.1) is 0 Å². The van der Waals surface area contributed by atoms with Gasteiger partial charge in [0.15, 0.2) is 0 Å². The van der Waals surface area contributed by atoms with Crippen molar-refractivity contribution in [3.8, 4) is 6.07 Å². The second-order valence-electron chi connectivity index (χ2n) is 4.26. The molecule has 0 aromatic heterocycles. The molecule has 90 valence electrons. The van der Waals surface area contributed by atoms with E-state index in [1.807, 2.05) is 6.92 Å². The van der Waals surface area contributed by atoms with Crippen LogP contribution < -0.4 is 0 Å². The van der Waals surface area contributed by atoms with E-state index in [9.17, 15) is 9.65 Å². The van der Waals surface area contributed by atoms with Crippen LogP contribution in [0, 0.1) is 17.1 Å². The summed E-state index contributed by atoms with van der Waals surface area (Å²) >= 11 is 0. The number of halogens is 1. The van der Waals surface area contributed by atoms with Crippen LogP contribution in [0.5, 0.6) is 0 Å². The van der Waals surface area contributed by atoms with Crippen LogP contribution in [0.4, 0.5) is 4.39 Å². The van der Waals surface area contributed by atoms with Crippen molar-refractivity contribution in [2.24, 2.45) is 0 Å². The molecule has 0 N–H and O–H groups in total. The molecule has 17 heavy (non-hydrogen) atoms. The lowest BCUT2D eigenvalue weighted by Gasteiger charge is -2.34. The first kappa shape index (κ1) is 12.0. The van der Waals surface area contributed by atoms with Crippen molar-refractivity contribution in [3.05, 3.63) is 35.6 Å². The van der Waals surface area contributed by atoms with Crippen molar-refractivity contribution >= 4 is 0 Å². The zero-order valence-electron chi connectivity index (χ0n) is 9.77. The molecule has 1 aliphatic heterocycles. The van der Waals surface area contributed by atoms with Gasteiger partial charge in [-0.3, -0.25) is 4.90 Å². The monoisotopic (exact) mass is 234 g/mol. The molecule has 1 heterocycles. The summed E-state index contributed by atoms with van der Waals surface area (Å²) in [5, 5.41) is 9.26.